The molecule has 11 heteroatoms. The SMILES string of the molecule is Cc1ccc(NC(=O)COc2ccc(Cl)cc2/C=C2\SC(=Nc3ccc(Cl)cc3)N(c3ccc(Cl)cc3)C2=O)cc1Cl. The molecule has 212 valence electrons. The molecule has 0 bridgehead atoms. The molecule has 42 heavy (non-hydrogen) atoms. The van der Waals surface area contributed by atoms with Crippen molar-refractivity contribution >= 4 is 98.3 Å². The third kappa shape index (κ3) is 7.30. The minimum absolute atomic E-state index is 0.273. The van der Waals surface area contributed by atoms with Crippen LogP contribution in [0.1, 0.15) is 11.1 Å². The number of carbonyl (C=O) groups excluding carboxylic acids is 2. The second-order valence-corrected chi connectivity index (χ2v) is 11.8. The maximum atomic E-state index is 13.7. The van der Waals surface area contributed by atoms with E-state index in [-0.39, 0.29) is 18.4 Å². The summed E-state index contributed by atoms with van der Waals surface area (Å²) in [4.78, 5) is 32.9. The molecule has 6 nitrogen and oxygen atoms in total. The minimum Gasteiger partial charge on any atom is -0.483 e. The number of amidine groups is 1. The molecular weight excluding hydrogens is 636 g/mol. The molecule has 0 atom stereocenters. The zero-order chi connectivity index (χ0) is 29.8. The van der Waals surface area contributed by atoms with E-state index in [0.717, 1.165) is 5.56 Å². The third-order valence-electron chi connectivity index (χ3n) is 6.02. The van der Waals surface area contributed by atoms with E-state index in [0.29, 0.717) is 58.5 Å². The number of anilines is 2. The molecule has 0 aromatic heterocycles. The average molecular weight is 657 g/mol. The van der Waals surface area contributed by atoms with Gasteiger partial charge >= 0.3 is 0 Å². The molecule has 1 N–H and O–H groups in total. The Hall–Kier alpha value is -3.46. The highest BCUT2D eigenvalue weighted by Crippen LogP contribution is 2.39. The Morgan fingerprint density at radius 2 is 1.57 bits per heavy atom. The molecule has 0 unspecified atom stereocenters. The molecule has 1 fully saturated rings. The van der Waals surface area contributed by atoms with Gasteiger partial charge in [0.25, 0.3) is 11.8 Å². The van der Waals surface area contributed by atoms with Crippen LogP contribution in [0.25, 0.3) is 6.08 Å². The zero-order valence-electron chi connectivity index (χ0n) is 21.9. The quantitative estimate of drug-likeness (QED) is 0.201. The number of thioether (sulfide) groups is 1. The van der Waals surface area contributed by atoms with Crippen LogP contribution in [-0.4, -0.2) is 23.6 Å². The van der Waals surface area contributed by atoms with Gasteiger partial charge in [0, 0.05) is 31.3 Å². The van der Waals surface area contributed by atoms with Gasteiger partial charge in [-0.05, 0) is 109 Å². The van der Waals surface area contributed by atoms with Crippen molar-refractivity contribution in [1.29, 1.82) is 0 Å². The van der Waals surface area contributed by atoms with Crippen LogP contribution in [0, 0.1) is 6.92 Å². The van der Waals surface area contributed by atoms with Gasteiger partial charge in [0.1, 0.15) is 5.75 Å². The second kappa shape index (κ2) is 13.2. The maximum Gasteiger partial charge on any atom is 0.271 e. The Morgan fingerprint density at radius 1 is 0.905 bits per heavy atom. The lowest BCUT2D eigenvalue weighted by Gasteiger charge is -2.15. The van der Waals surface area contributed by atoms with Gasteiger partial charge in [0.2, 0.25) is 0 Å². The van der Waals surface area contributed by atoms with Crippen LogP contribution >= 0.6 is 58.2 Å². The van der Waals surface area contributed by atoms with Crippen LogP contribution in [-0.2, 0) is 9.59 Å². The topological polar surface area (TPSA) is 71.0 Å². The van der Waals surface area contributed by atoms with Crippen LogP contribution < -0.4 is 15.0 Å². The first-order valence-electron chi connectivity index (χ1n) is 12.5. The minimum atomic E-state index is -0.374. The standard InChI is InChI=1S/C31H21Cl4N3O3S/c1-18-2-8-24(16-26(18)35)36-29(39)17-41-27-13-7-22(34)14-19(27)15-28-30(40)38(25-11-5-21(33)6-12-25)31(42-28)37-23-9-3-20(32)4-10-23/h2-16H,17H2,1H3,(H,36,39)/b28-15-,37-31?. The summed E-state index contributed by atoms with van der Waals surface area (Å²) in [6.45, 7) is 1.60. The number of carbonyl (C=O) groups is 2. The van der Waals surface area contributed by atoms with E-state index >= 15 is 0 Å². The second-order valence-electron chi connectivity index (χ2n) is 9.08. The fraction of sp³-hybridized carbons (Fsp3) is 0.0645. The number of rotatable bonds is 7. The lowest BCUT2D eigenvalue weighted by Crippen LogP contribution is -2.28. The molecule has 1 aliphatic heterocycles. The van der Waals surface area contributed by atoms with Crippen LogP contribution in [0.5, 0.6) is 5.75 Å². The summed E-state index contributed by atoms with van der Waals surface area (Å²) in [5.74, 6) is -0.297. The highest BCUT2D eigenvalue weighted by Gasteiger charge is 2.35. The Kier molecular flexibility index (Phi) is 9.46. The fourth-order valence-electron chi connectivity index (χ4n) is 3.91. The van der Waals surface area contributed by atoms with Gasteiger partial charge in [-0.1, -0.05) is 52.5 Å². The van der Waals surface area contributed by atoms with E-state index in [9.17, 15) is 9.59 Å². The number of halogens is 4. The fourth-order valence-corrected chi connectivity index (χ4v) is 5.51. The molecule has 1 saturated heterocycles. The van der Waals surface area contributed by atoms with Crippen LogP contribution in [0.2, 0.25) is 20.1 Å². The number of hydrogen-bond acceptors (Lipinski definition) is 5. The Bertz CT molecular complexity index is 1720. The monoisotopic (exact) mass is 655 g/mol. The van der Waals surface area contributed by atoms with Gasteiger partial charge in [0.05, 0.1) is 16.3 Å². The van der Waals surface area contributed by atoms with E-state index in [1.165, 1.54) is 16.7 Å². The zero-order valence-corrected chi connectivity index (χ0v) is 25.7. The highest BCUT2D eigenvalue weighted by molar-refractivity contribution is 8.19. The van der Waals surface area contributed by atoms with Crippen molar-refractivity contribution in [2.75, 3.05) is 16.8 Å². The number of nitrogens with zero attached hydrogens (tertiary/aromatic N) is 2. The molecule has 0 aliphatic carbocycles. The number of hydrogen-bond donors (Lipinski definition) is 1. The Morgan fingerprint density at radius 3 is 2.26 bits per heavy atom. The first-order valence-corrected chi connectivity index (χ1v) is 14.8. The lowest BCUT2D eigenvalue weighted by molar-refractivity contribution is -0.118. The summed E-state index contributed by atoms with van der Waals surface area (Å²) in [6.07, 6.45) is 1.67. The average Bonchev–Trinajstić information content (AvgIpc) is 3.26. The van der Waals surface area contributed by atoms with Crippen molar-refractivity contribution in [1.82, 2.24) is 0 Å². The lowest BCUT2D eigenvalue weighted by atomic mass is 10.1. The summed E-state index contributed by atoms with van der Waals surface area (Å²) in [6, 6.07) is 24.1. The third-order valence-corrected chi connectivity index (χ3v) is 8.13. The molecule has 0 saturated carbocycles. The molecule has 0 radical (unpaired) electrons. The van der Waals surface area contributed by atoms with E-state index in [1.807, 2.05) is 13.0 Å². The number of nitrogens with one attached hydrogen (secondary N) is 1. The smallest absolute Gasteiger partial charge is 0.271 e. The highest BCUT2D eigenvalue weighted by atomic mass is 35.5. The van der Waals surface area contributed by atoms with Gasteiger partial charge in [-0.2, -0.15) is 0 Å². The van der Waals surface area contributed by atoms with Crippen molar-refractivity contribution in [2.45, 2.75) is 6.92 Å². The van der Waals surface area contributed by atoms with Crippen LogP contribution in [0.4, 0.5) is 17.1 Å². The molecule has 1 aliphatic rings. The van der Waals surface area contributed by atoms with Crippen molar-refractivity contribution in [3.8, 4) is 5.75 Å². The molecule has 0 spiro atoms. The van der Waals surface area contributed by atoms with Crippen molar-refractivity contribution in [2.24, 2.45) is 4.99 Å². The van der Waals surface area contributed by atoms with Crippen LogP contribution in [0.3, 0.4) is 0 Å². The predicted molar refractivity (Wildman–Crippen MR) is 175 cm³/mol. The van der Waals surface area contributed by atoms with Crippen molar-refractivity contribution < 1.29 is 14.3 Å². The Labute approximate surface area is 266 Å². The van der Waals surface area contributed by atoms with Gasteiger partial charge in [0.15, 0.2) is 11.8 Å². The van der Waals surface area contributed by atoms with Gasteiger partial charge in [-0.15, -0.1) is 0 Å². The Balaban J connectivity index is 1.42. The van der Waals surface area contributed by atoms with Gasteiger partial charge < -0.3 is 10.1 Å². The molecule has 5 rings (SSSR count). The van der Waals surface area contributed by atoms with Gasteiger partial charge in [-0.25, -0.2) is 4.99 Å². The largest absolute Gasteiger partial charge is 0.483 e. The maximum absolute atomic E-state index is 13.7. The normalized spacial score (nSPS) is 15.0. The molecule has 4 aromatic carbocycles. The molecule has 2 amide bonds. The first kappa shape index (κ1) is 30.0. The molecule has 1 heterocycles. The number of amides is 2. The number of aryl methyl sites for hydroxylation is 1. The number of aliphatic imine (C=N–C) groups is 1. The van der Waals surface area contributed by atoms with E-state index in [1.54, 1.807) is 84.9 Å². The van der Waals surface area contributed by atoms with Crippen molar-refractivity contribution in [3.05, 3.63) is 121 Å². The number of benzene rings is 4. The predicted octanol–water partition coefficient (Wildman–Crippen LogP) is 9.43. The molecular formula is C31H21Cl4N3O3S. The summed E-state index contributed by atoms with van der Waals surface area (Å²) in [7, 11) is 0. The summed E-state index contributed by atoms with van der Waals surface area (Å²) in [5, 5.41) is 5.31. The summed E-state index contributed by atoms with van der Waals surface area (Å²) in [5.41, 5.74) is 3.21. The van der Waals surface area contributed by atoms with Crippen LogP contribution in [0.15, 0.2) is 94.8 Å². The summed E-state index contributed by atoms with van der Waals surface area (Å²) >= 11 is 25.8. The van der Waals surface area contributed by atoms with Crippen molar-refractivity contribution in [3.63, 3.8) is 0 Å². The summed E-state index contributed by atoms with van der Waals surface area (Å²) < 4.78 is 5.84. The van der Waals surface area contributed by atoms with Gasteiger partial charge in [-0.3, -0.25) is 14.5 Å². The van der Waals surface area contributed by atoms with E-state index < -0.39 is 0 Å². The molecule has 4 aromatic rings. The first-order chi connectivity index (χ1) is 20.2. The van der Waals surface area contributed by atoms with E-state index in [2.05, 4.69) is 5.32 Å². The van der Waals surface area contributed by atoms with E-state index in [4.69, 9.17) is 56.1 Å². The number of ether oxygens (including phenoxy) is 1.